The standard InChI is InChI=1S/C21H15BrN2O3/c1-26-20-16(22)8-12(9-17(20)25)18-14-7-6-11-4-2-3-5-13(11)19(14)27-21(24)15(18)10-23/h2-9,18,25H,24H2,1H3. The van der Waals surface area contributed by atoms with Crippen LogP contribution >= 0.6 is 15.9 Å². The second kappa shape index (κ2) is 6.53. The molecule has 134 valence electrons. The lowest BCUT2D eigenvalue weighted by Gasteiger charge is -2.28. The summed E-state index contributed by atoms with van der Waals surface area (Å²) >= 11 is 3.42. The number of fused-ring (bicyclic) bond motifs is 3. The second-order valence-corrected chi connectivity index (χ2v) is 7.04. The number of aromatic hydroxyl groups is 1. The van der Waals surface area contributed by atoms with E-state index in [1.807, 2.05) is 42.5 Å². The lowest BCUT2D eigenvalue weighted by atomic mass is 9.82. The number of nitriles is 1. The van der Waals surface area contributed by atoms with Gasteiger partial charge in [0.1, 0.15) is 17.4 Å². The van der Waals surface area contributed by atoms with E-state index >= 15 is 0 Å². The van der Waals surface area contributed by atoms with E-state index in [-0.39, 0.29) is 11.6 Å². The van der Waals surface area contributed by atoms with E-state index < -0.39 is 5.92 Å². The molecule has 0 amide bonds. The van der Waals surface area contributed by atoms with Crippen molar-refractivity contribution in [1.82, 2.24) is 0 Å². The number of rotatable bonds is 2. The number of halogens is 1. The molecule has 1 aliphatic heterocycles. The predicted molar refractivity (Wildman–Crippen MR) is 106 cm³/mol. The molecule has 27 heavy (non-hydrogen) atoms. The molecule has 1 atom stereocenters. The Morgan fingerprint density at radius 3 is 2.70 bits per heavy atom. The molecule has 3 aromatic carbocycles. The second-order valence-electron chi connectivity index (χ2n) is 6.18. The summed E-state index contributed by atoms with van der Waals surface area (Å²) in [5.74, 6) is 0.543. The van der Waals surface area contributed by atoms with Gasteiger partial charge in [-0.25, -0.2) is 0 Å². The van der Waals surface area contributed by atoms with Gasteiger partial charge >= 0.3 is 0 Å². The molecule has 0 radical (unpaired) electrons. The topological polar surface area (TPSA) is 88.5 Å². The maximum Gasteiger partial charge on any atom is 0.205 e. The Kier molecular flexibility index (Phi) is 4.17. The highest BCUT2D eigenvalue weighted by molar-refractivity contribution is 9.10. The van der Waals surface area contributed by atoms with E-state index in [2.05, 4.69) is 22.0 Å². The van der Waals surface area contributed by atoms with Crippen molar-refractivity contribution in [3.63, 3.8) is 0 Å². The third kappa shape index (κ3) is 2.68. The average molecular weight is 423 g/mol. The quantitative estimate of drug-likeness (QED) is 0.632. The van der Waals surface area contributed by atoms with Crippen molar-refractivity contribution < 1.29 is 14.6 Å². The van der Waals surface area contributed by atoms with Crippen LogP contribution in [0.5, 0.6) is 17.2 Å². The third-order valence-corrected chi connectivity index (χ3v) is 5.28. The molecule has 1 heterocycles. The number of nitrogens with two attached hydrogens (primary N) is 1. The highest BCUT2D eigenvalue weighted by Crippen LogP contribution is 2.47. The molecule has 0 aromatic heterocycles. The zero-order chi connectivity index (χ0) is 19.1. The summed E-state index contributed by atoms with van der Waals surface area (Å²) in [6.07, 6.45) is 0. The minimum absolute atomic E-state index is 0.0217. The summed E-state index contributed by atoms with van der Waals surface area (Å²) in [7, 11) is 1.48. The van der Waals surface area contributed by atoms with Gasteiger partial charge in [0, 0.05) is 10.9 Å². The van der Waals surface area contributed by atoms with Crippen LogP contribution in [-0.2, 0) is 0 Å². The van der Waals surface area contributed by atoms with Crippen LogP contribution in [0.3, 0.4) is 0 Å². The largest absolute Gasteiger partial charge is 0.504 e. The fourth-order valence-electron chi connectivity index (χ4n) is 3.50. The zero-order valence-electron chi connectivity index (χ0n) is 14.4. The Bertz CT molecular complexity index is 1120. The smallest absolute Gasteiger partial charge is 0.205 e. The van der Waals surface area contributed by atoms with Crippen molar-refractivity contribution in [3.05, 3.63) is 75.6 Å². The molecular weight excluding hydrogens is 408 g/mol. The Labute approximate surface area is 164 Å². The number of methoxy groups -OCH3 is 1. The first-order chi connectivity index (χ1) is 13.0. The molecule has 6 heteroatoms. The van der Waals surface area contributed by atoms with Gasteiger partial charge in [0.25, 0.3) is 0 Å². The summed E-state index contributed by atoms with van der Waals surface area (Å²) in [6, 6.07) is 17.3. The highest BCUT2D eigenvalue weighted by Gasteiger charge is 2.32. The monoisotopic (exact) mass is 422 g/mol. The first-order valence-corrected chi connectivity index (χ1v) is 9.00. The van der Waals surface area contributed by atoms with Gasteiger partial charge in [-0.1, -0.05) is 36.4 Å². The molecule has 3 aromatic rings. The van der Waals surface area contributed by atoms with Gasteiger partial charge in [0.2, 0.25) is 5.88 Å². The van der Waals surface area contributed by atoms with E-state index in [1.165, 1.54) is 7.11 Å². The Balaban J connectivity index is 2.00. The zero-order valence-corrected chi connectivity index (χ0v) is 15.9. The van der Waals surface area contributed by atoms with Gasteiger partial charge in [0.15, 0.2) is 11.5 Å². The van der Waals surface area contributed by atoms with Crippen LogP contribution in [0, 0.1) is 11.3 Å². The van der Waals surface area contributed by atoms with Crippen molar-refractivity contribution in [3.8, 4) is 23.3 Å². The van der Waals surface area contributed by atoms with Crippen LogP contribution in [-0.4, -0.2) is 12.2 Å². The average Bonchev–Trinajstić information content (AvgIpc) is 2.66. The highest BCUT2D eigenvalue weighted by atomic mass is 79.9. The van der Waals surface area contributed by atoms with Gasteiger partial charge in [-0.05, 0) is 39.0 Å². The van der Waals surface area contributed by atoms with Crippen molar-refractivity contribution in [2.24, 2.45) is 5.73 Å². The number of phenolic OH excluding ortho intramolecular Hbond substituents is 1. The van der Waals surface area contributed by atoms with Gasteiger partial charge in [-0.2, -0.15) is 5.26 Å². The summed E-state index contributed by atoms with van der Waals surface area (Å²) in [5, 5.41) is 22.0. The molecule has 0 saturated heterocycles. The maximum atomic E-state index is 10.3. The van der Waals surface area contributed by atoms with Crippen LogP contribution in [0.25, 0.3) is 10.8 Å². The van der Waals surface area contributed by atoms with E-state index in [4.69, 9.17) is 15.2 Å². The van der Waals surface area contributed by atoms with Crippen LogP contribution in [0.1, 0.15) is 17.0 Å². The minimum Gasteiger partial charge on any atom is -0.504 e. The van der Waals surface area contributed by atoms with Gasteiger partial charge in [-0.15, -0.1) is 0 Å². The Hall–Kier alpha value is -3.17. The molecule has 3 N–H and O–H groups in total. The molecule has 4 rings (SSSR count). The molecule has 0 aliphatic carbocycles. The van der Waals surface area contributed by atoms with Gasteiger partial charge in [-0.3, -0.25) is 0 Å². The number of hydrogen-bond donors (Lipinski definition) is 2. The molecule has 1 aliphatic rings. The molecule has 0 bridgehead atoms. The van der Waals surface area contributed by atoms with Gasteiger partial charge < -0.3 is 20.3 Å². The number of nitrogens with zero attached hydrogens (tertiary/aromatic N) is 1. The van der Waals surface area contributed by atoms with E-state index in [9.17, 15) is 10.4 Å². The molecule has 0 saturated carbocycles. The summed E-state index contributed by atoms with van der Waals surface area (Å²) in [5.41, 5.74) is 7.92. The van der Waals surface area contributed by atoms with Crippen LogP contribution in [0.15, 0.2) is 64.5 Å². The third-order valence-electron chi connectivity index (χ3n) is 4.69. The lowest BCUT2D eigenvalue weighted by molar-refractivity contribution is 0.370. The van der Waals surface area contributed by atoms with Crippen molar-refractivity contribution in [2.75, 3.05) is 7.11 Å². The predicted octanol–water partition coefficient (Wildman–Crippen LogP) is 4.53. The van der Waals surface area contributed by atoms with Crippen molar-refractivity contribution in [2.45, 2.75) is 5.92 Å². The maximum absolute atomic E-state index is 10.3. The number of benzene rings is 3. The number of hydrogen-bond acceptors (Lipinski definition) is 5. The first kappa shape index (κ1) is 17.3. The number of ether oxygens (including phenoxy) is 2. The number of phenols is 1. The molecule has 0 spiro atoms. The lowest BCUT2D eigenvalue weighted by Crippen LogP contribution is -2.21. The summed E-state index contributed by atoms with van der Waals surface area (Å²) in [6.45, 7) is 0. The molecule has 1 unspecified atom stereocenters. The molecular formula is C21H15BrN2O3. The molecule has 0 fully saturated rings. The molecule has 5 nitrogen and oxygen atoms in total. The normalized spacial score (nSPS) is 15.8. The first-order valence-electron chi connectivity index (χ1n) is 8.20. The van der Waals surface area contributed by atoms with Crippen LogP contribution < -0.4 is 15.2 Å². The summed E-state index contributed by atoms with van der Waals surface area (Å²) in [4.78, 5) is 0. The van der Waals surface area contributed by atoms with Gasteiger partial charge in [0.05, 0.1) is 17.5 Å². The Morgan fingerprint density at radius 2 is 2.00 bits per heavy atom. The van der Waals surface area contributed by atoms with Crippen molar-refractivity contribution in [1.29, 1.82) is 5.26 Å². The van der Waals surface area contributed by atoms with E-state index in [1.54, 1.807) is 6.07 Å². The van der Waals surface area contributed by atoms with Crippen LogP contribution in [0.4, 0.5) is 0 Å². The SMILES string of the molecule is COc1c(O)cc(C2C(C#N)=C(N)Oc3c2ccc2ccccc32)cc1Br. The van der Waals surface area contributed by atoms with Crippen molar-refractivity contribution >= 4 is 26.7 Å². The number of allylic oxidation sites excluding steroid dienone is 1. The van der Waals surface area contributed by atoms with E-state index in [0.29, 0.717) is 27.1 Å². The van der Waals surface area contributed by atoms with E-state index in [0.717, 1.165) is 16.3 Å². The van der Waals surface area contributed by atoms with Crippen LogP contribution in [0.2, 0.25) is 0 Å². The fourth-order valence-corrected chi connectivity index (χ4v) is 4.13. The Morgan fingerprint density at radius 1 is 1.22 bits per heavy atom. The minimum atomic E-state index is -0.462. The summed E-state index contributed by atoms with van der Waals surface area (Å²) < 4.78 is 11.6. The fraction of sp³-hybridized carbons (Fsp3) is 0.0952.